The lowest BCUT2D eigenvalue weighted by Gasteiger charge is -2.18. The molecule has 0 saturated heterocycles. The number of carbonyl (C=O) groups is 3. The lowest BCUT2D eigenvalue weighted by Crippen LogP contribution is -2.17. The Hall–Kier alpha value is -3.93. The molecule has 6 nitrogen and oxygen atoms in total. The van der Waals surface area contributed by atoms with Gasteiger partial charge < -0.3 is 15.3 Å². The van der Waals surface area contributed by atoms with E-state index >= 15 is 0 Å². The van der Waals surface area contributed by atoms with E-state index in [0.717, 1.165) is 5.39 Å². The third-order valence-electron chi connectivity index (χ3n) is 4.45. The van der Waals surface area contributed by atoms with Gasteiger partial charge >= 0.3 is 17.9 Å². The molecular weight excluding hydrogens is 348 g/mol. The zero-order valence-corrected chi connectivity index (χ0v) is 14.0. The molecule has 0 heterocycles. The fourth-order valence-electron chi connectivity index (χ4n) is 3.46. The second-order valence-electron chi connectivity index (χ2n) is 5.80. The molecule has 0 radical (unpaired) electrons. The highest BCUT2D eigenvalue weighted by Crippen LogP contribution is 2.38. The van der Waals surface area contributed by atoms with Gasteiger partial charge in [-0.3, -0.25) is 0 Å². The Morgan fingerprint density at radius 2 is 1.30 bits per heavy atom. The number of rotatable bonds is 5. The fraction of sp³-hybridized carbons (Fsp3) is 0. The molecule has 0 amide bonds. The second kappa shape index (κ2) is 6.42. The van der Waals surface area contributed by atoms with E-state index < -0.39 is 34.6 Å². The standard InChI is InChI=1S/C21H14O6/c1-3-11-13-8-6-5-7-10(13)9-14-15(11)12(4-2)16(19(22)23)18(21(26)27)17(14)20(24)25/h3-9H,1-2H2,(H,22,23)(H,24,25)(H,26,27). The molecule has 3 rings (SSSR count). The minimum absolute atomic E-state index is 0.0422. The van der Waals surface area contributed by atoms with Crippen molar-refractivity contribution in [2.45, 2.75) is 0 Å². The van der Waals surface area contributed by atoms with Gasteiger partial charge in [0.05, 0.1) is 16.7 Å². The van der Waals surface area contributed by atoms with Gasteiger partial charge in [0, 0.05) is 0 Å². The third kappa shape index (κ3) is 2.55. The molecule has 0 aromatic heterocycles. The first-order chi connectivity index (χ1) is 12.8. The van der Waals surface area contributed by atoms with E-state index in [1.54, 1.807) is 30.3 Å². The number of benzene rings is 3. The highest BCUT2D eigenvalue weighted by molar-refractivity contribution is 6.23. The molecule has 0 unspecified atom stereocenters. The summed E-state index contributed by atoms with van der Waals surface area (Å²) < 4.78 is 0. The maximum absolute atomic E-state index is 11.9. The van der Waals surface area contributed by atoms with Crippen molar-refractivity contribution in [1.29, 1.82) is 0 Å². The normalized spacial score (nSPS) is 10.7. The molecule has 3 aromatic carbocycles. The van der Waals surface area contributed by atoms with Gasteiger partial charge in [0.2, 0.25) is 0 Å². The highest BCUT2D eigenvalue weighted by atomic mass is 16.4. The SMILES string of the molecule is C=Cc1c(C(=O)O)c(C(=O)O)c(C(=O)O)c2cc3ccccc3c(C=C)c12. The van der Waals surface area contributed by atoms with Crippen LogP contribution < -0.4 is 0 Å². The number of hydrogen-bond donors (Lipinski definition) is 3. The Labute approximate surface area is 153 Å². The lowest BCUT2D eigenvalue weighted by atomic mass is 9.84. The quantitative estimate of drug-likeness (QED) is 0.581. The number of carboxylic acids is 3. The maximum Gasteiger partial charge on any atom is 0.337 e. The van der Waals surface area contributed by atoms with Crippen LogP contribution >= 0.6 is 0 Å². The van der Waals surface area contributed by atoms with E-state index in [4.69, 9.17) is 0 Å². The Balaban J connectivity index is 2.83. The van der Waals surface area contributed by atoms with Crippen molar-refractivity contribution in [3.05, 3.63) is 71.3 Å². The summed E-state index contributed by atoms with van der Waals surface area (Å²) >= 11 is 0. The van der Waals surface area contributed by atoms with Gasteiger partial charge in [-0.2, -0.15) is 0 Å². The zero-order chi connectivity index (χ0) is 19.9. The molecule has 6 heteroatoms. The molecule has 0 atom stereocenters. The van der Waals surface area contributed by atoms with E-state index in [1.165, 1.54) is 12.2 Å². The summed E-state index contributed by atoms with van der Waals surface area (Å²) in [6, 6.07) is 8.65. The van der Waals surface area contributed by atoms with Gasteiger partial charge in [-0.1, -0.05) is 49.6 Å². The van der Waals surface area contributed by atoms with Gasteiger partial charge in [-0.05, 0) is 38.7 Å². The van der Waals surface area contributed by atoms with Crippen LogP contribution in [0.5, 0.6) is 0 Å². The molecule has 0 fully saturated rings. The van der Waals surface area contributed by atoms with E-state index in [2.05, 4.69) is 13.2 Å². The van der Waals surface area contributed by atoms with Crippen molar-refractivity contribution < 1.29 is 29.7 Å². The molecule has 3 N–H and O–H groups in total. The molecule has 0 spiro atoms. The summed E-state index contributed by atoms with van der Waals surface area (Å²) in [5.74, 6) is -4.71. The largest absolute Gasteiger partial charge is 0.478 e. The first kappa shape index (κ1) is 17.9. The van der Waals surface area contributed by atoms with Crippen molar-refractivity contribution in [3.8, 4) is 0 Å². The summed E-state index contributed by atoms with van der Waals surface area (Å²) in [7, 11) is 0. The van der Waals surface area contributed by atoms with Crippen LogP contribution in [0.3, 0.4) is 0 Å². The van der Waals surface area contributed by atoms with Crippen LogP contribution in [-0.4, -0.2) is 33.2 Å². The summed E-state index contributed by atoms with van der Waals surface area (Å²) in [5.41, 5.74) is -1.40. The number of aromatic carboxylic acids is 3. The van der Waals surface area contributed by atoms with Crippen LogP contribution in [-0.2, 0) is 0 Å². The highest BCUT2D eigenvalue weighted by Gasteiger charge is 2.31. The van der Waals surface area contributed by atoms with Gasteiger partial charge in [0.15, 0.2) is 0 Å². The fourth-order valence-corrected chi connectivity index (χ4v) is 3.46. The van der Waals surface area contributed by atoms with Crippen LogP contribution in [0.1, 0.15) is 42.2 Å². The van der Waals surface area contributed by atoms with Crippen LogP contribution in [0.4, 0.5) is 0 Å². The lowest BCUT2D eigenvalue weighted by molar-refractivity contribution is 0.0634. The predicted molar refractivity (Wildman–Crippen MR) is 103 cm³/mol. The Bertz CT molecular complexity index is 1190. The van der Waals surface area contributed by atoms with E-state index in [1.807, 2.05) is 0 Å². The van der Waals surface area contributed by atoms with Crippen molar-refractivity contribution in [2.75, 3.05) is 0 Å². The molecule has 0 aliphatic rings. The second-order valence-corrected chi connectivity index (χ2v) is 5.80. The van der Waals surface area contributed by atoms with Crippen molar-refractivity contribution in [3.63, 3.8) is 0 Å². The van der Waals surface area contributed by atoms with E-state index in [-0.39, 0.29) is 10.9 Å². The average molecular weight is 362 g/mol. The summed E-state index contributed by atoms with van der Waals surface area (Å²) in [4.78, 5) is 35.6. The minimum Gasteiger partial charge on any atom is -0.478 e. The zero-order valence-electron chi connectivity index (χ0n) is 14.0. The molecule has 0 aliphatic carbocycles. The molecule has 0 aliphatic heterocycles. The van der Waals surface area contributed by atoms with Crippen LogP contribution in [0.2, 0.25) is 0 Å². The van der Waals surface area contributed by atoms with Crippen LogP contribution in [0.15, 0.2) is 43.5 Å². The predicted octanol–water partition coefficient (Wildman–Crippen LogP) is 4.37. The summed E-state index contributed by atoms with van der Waals surface area (Å²) in [5, 5.41) is 30.8. The number of hydrogen-bond acceptors (Lipinski definition) is 3. The van der Waals surface area contributed by atoms with Gasteiger partial charge in [0.25, 0.3) is 0 Å². The van der Waals surface area contributed by atoms with E-state index in [0.29, 0.717) is 16.3 Å². The third-order valence-corrected chi connectivity index (χ3v) is 4.45. The van der Waals surface area contributed by atoms with Crippen molar-refractivity contribution in [2.24, 2.45) is 0 Å². The molecule has 134 valence electrons. The maximum atomic E-state index is 11.9. The Morgan fingerprint density at radius 1 is 0.741 bits per heavy atom. The molecular formula is C21H14O6. The first-order valence-corrected chi connectivity index (χ1v) is 7.83. The minimum atomic E-state index is -1.64. The average Bonchev–Trinajstić information content (AvgIpc) is 2.63. The molecule has 0 bridgehead atoms. The smallest absolute Gasteiger partial charge is 0.337 e. The van der Waals surface area contributed by atoms with Crippen molar-refractivity contribution >= 4 is 51.6 Å². The monoisotopic (exact) mass is 362 g/mol. The van der Waals surface area contributed by atoms with Gasteiger partial charge in [-0.15, -0.1) is 0 Å². The molecule has 27 heavy (non-hydrogen) atoms. The summed E-state index contributed by atoms with van der Waals surface area (Å²) in [6.07, 6.45) is 2.72. The number of fused-ring (bicyclic) bond motifs is 2. The van der Waals surface area contributed by atoms with Crippen LogP contribution in [0.25, 0.3) is 33.7 Å². The topological polar surface area (TPSA) is 112 Å². The number of carboxylic acid groups (broad SMARTS) is 3. The first-order valence-electron chi connectivity index (χ1n) is 7.83. The van der Waals surface area contributed by atoms with Crippen molar-refractivity contribution in [1.82, 2.24) is 0 Å². The van der Waals surface area contributed by atoms with Gasteiger partial charge in [0.1, 0.15) is 0 Å². The van der Waals surface area contributed by atoms with Gasteiger partial charge in [-0.25, -0.2) is 14.4 Å². The Morgan fingerprint density at radius 3 is 1.81 bits per heavy atom. The molecule has 3 aromatic rings. The van der Waals surface area contributed by atoms with Crippen LogP contribution in [0, 0.1) is 0 Å². The Kier molecular flexibility index (Phi) is 4.25. The summed E-state index contributed by atoms with van der Waals surface area (Å²) in [6.45, 7) is 7.38. The van der Waals surface area contributed by atoms with E-state index in [9.17, 15) is 29.7 Å². The molecule has 0 saturated carbocycles.